The first kappa shape index (κ1) is 11.5. The molecular weight excluding hydrogens is 195 g/mol. The standard InChI is InChI=1S/C12H13FO2/c13-8-4-10-15-12-7-2-1-5-11(12)6-3-9-14/h1-2,5,7,14H,4,8-10H2. The molecule has 0 atom stereocenters. The van der Waals surface area contributed by atoms with E-state index in [-0.39, 0.29) is 13.3 Å². The smallest absolute Gasteiger partial charge is 0.134 e. The number of alkyl halides is 1. The monoisotopic (exact) mass is 208 g/mol. The molecule has 0 saturated carbocycles. The van der Waals surface area contributed by atoms with Crippen LogP contribution in [0.2, 0.25) is 0 Å². The van der Waals surface area contributed by atoms with Crippen molar-refractivity contribution in [3.05, 3.63) is 29.8 Å². The number of para-hydroxylation sites is 1. The van der Waals surface area contributed by atoms with E-state index in [2.05, 4.69) is 11.8 Å². The van der Waals surface area contributed by atoms with Gasteiger partial charge < -0.3 is 9.84 Å². The largest absolute Gasteiger partial charge is 0.492 e. The van der Waals surface area contributed by atoms with E-state index >= 15 is 0 Å². The van der Waals surface area contributed by atoms with Crippen molar-refractivity contribution in [2.75, 3.05) is 19.9 Å². The van der Waals surface area contributed by atoms with E-state index in [0.29, 0.717) is 24.3 Å². The third-order valence-electron chi connectivity index (χ3n) is 1.72. The van der Waals surface area contributed by atoms with Gasteiger partial charge in [0, 0.05) is 6.42 Å². The van der Waals surface area contributed by atoms with Crippen molar-refractivity contribution >= 4 is 0 Å². The van der Waals surface area contributed by atoms with Crippen LogP contribution in [0.5, 0.6) is 5.75 Å². The van der Waals surface area contributed by atoms with E-state index in [0.717, 1.165) is 0 Å². The summed E-state index contributed by atoms with van der Waals surface area (Å²) in [5.74, 6) is 5.95. The Kier molecular flexibility index (Phi) is 5.28. The van der Waals surface area contributed by atoms with Crippen LogP contribution in [0.3, 0.4) is 0 Å². The molecule has 1 aromatic rings. The van der Waals surface area contributed by atoms with Gasteiger partial charge in [-0.3, -0.25) is 4.39 Å². The number of aliphatic hydroxyl groups is 1. The topological polar surface area (TPSA) is 29.5 Å². The molecular formula is C12H13FO2. The summed E-state index contributed by atoms with van der Waals surface area (Å²) in [5.41, 5.74) is 0.713. The number of ether oxygens (including phenoxy) is 1. The van der Waals surface area contributed by atoms with Gasteiger partial charge in [0.15, 0.2) is 0 Å². The molecule has 2 nitrogen and oxygen atoms in total. The van der Waals surface area contributed by atoms with Crippen molar-refractivity contribution in [1.29, 1.82) is 0 Å². The predicted molar refractivity (Wildman–Crippen MR) is 56.5 cm³/mol. The zero-order valence-corrected chi connectivity index (χ0v) is 8.37. The van der Waals surface area contributed by atoms with Gasteiger partial charge in [-0.25, -0.2) is 0 Å². The number of hydrogen-bond donors (Lipinski definition) is 1. The second-order valence-electron chi connectivity index (χ2n) is 2.85. The first-order chi connectivity index (χ1) is 7.38. The molecule has 1 N–H and O–H groups in total. The van der Waals surface area contributed by atoms with Crippen LogP contribution in [0, 0.1) is 11.8 Å². The van der Waals surface area contributed by atoms with Crippen LogP contribution in [0.15, 0.2) is 24.3 Å². The highest BCUT2D eigenvalue weighted by Crippen LogP contribution is 2.16. The summed E-state index contributed by atoms with van der Waals surface area (Å²) >= 11 is 0. The number of hydrogen-bond acceptors (Lipinski definition) is 2. The van der Waals surface area contributed by atoms with E-state index in [4.69, 9.17) is 9.84 Å². The van der Waals surface area contributed by atoms with E-state index in [9.17, 15) is 4.39 Å². The summed E-state index contributed by atoms with van der Waals surface area (Å²) in [7, 11) is 0. The van der Waals surface area contributed by atoms with Gasteiger partial charge in [0.1, 0.15) is 12.4 Å². The zero-order valence-electron chi connectivity index (χ0n) is 8.37. The summed E-state index contributed by atoms with van der Waals surface area (Å²) < 4.78 is 17.2. The first-order valence-corrected chi connectivity index (χ1v) is 4.76. The minimum atomic E-state index is -0.384. The lowest BCUT2D eigenvalue weighted by Gasteiger charge is -2.06. The molecule has 0 amide bonds. The molecule has 0 bridgehead atoms. The van der Waals surface area contributed by atoms with Crippen LogP contribution >= 0.6 is 0 Å². The van der Waals surface area contributed by atoms with E-state index in [1.165, 1.54) is 0 Å². The van der Waals surface area contributed by atoms with Gasteiger partial charge in [0.2, 0.25) is 0 Å². The van der Waals surface area contributed by atoms with Crippen LogP contribution in [-0.2, 0) is 0 Å². The maximum Gasteiger partial charge on any atom is 0.134 e. The Hall–Kier alpha value is -1.53. The Morgan fingerprint density at radius 3 is 2.87 bits per heavy atom. The summed E-state index contributed by atoms with van der Waals surface area (Å²) in [6, 6.07) is 7.24. The predicted octanol–water partition coefficient (Wildman–Crippen LogP) is 1.77. The van der Waals surface area contributed by atoms with Crippen LogP contribution < -0.4 is 4.74 Å². The summed E-state index contributed by atoms with van der Waals surface area (Å²) in [5, 5.41) is 8.57. The molecule has 1 aromatic carbocycles. The Morgan fingerprint density at radius 2 is 2.13 bits per heavy atom. The number of aliphatic hydroxyl groups excluding tert-OH is 1. The number of benzene rings is 1. The Labute approximate surface area is 88.7 Å². The molecule has 0 aliphatic heterocycles. The average Bonchev–Trinajstić information content (AvgIpc) is 2.28. The Balaban J connectivity index is 2.68. The fourth-order valence-corrected chi connectivity index (χ4v) is 1.07. The molecule has 1 rings (SSSR count). The minimum absolute atomic E-state index is 0.182. The van der Waals surface area contributed by atoms with Crippen LogP contribution in [0.1, 0.15) is 12.0 Å². The summed E-state index contributed by atoms with van der Waals surface area (Å²) in [4.78, 5) is 0. The molecule has 0 heterocycles. The fraction of sp³-hybridized carbons (Fsp3) is 0.333. The molecule has 0 aliphatic carbocycles. The Bertz CT molecular complexity index is 352. The Morgan fingerprint density at radius 1 is 1.33 bits per heavy atom. The molecule has 0 fully saturated rings. The van der Waals surface area contributed by atoms with Crippen LogP contribution in [0.25, 0.3) is 0 Å². The fourth-order valence-electron chi connectivity index (χ4n) is 1.07. The van der Waals surface area contributed by atoms with Gasteiger partial charge in [-0.2, -0.15) is 0 Å². The second-order valence-corrected chi connectivity index (χ2v) is 2.85. The van der Waals surface area contributed by atoms with Gasteiger partial charge in [-0.05, 0) is 12.1 Å². The molecule has 0 aliphatic rings. The number of halogens is 1. The maximum absolute atomic E-state index is 11.9. The summed E-state index contributed by atoms with van der Waals surface area (Å²) in [6.07, 6.45) is 0.377. The lowest BCUT2D eigenvalue weighted by molar-refractivity contribution is 0.289. The normalized spacial score (nSPS) is 9.20. The van der Waals surface area contributed by atoms with Gasteiger partial charge in [-0.15, -0.1) is 0 Å². The molecule has 0 unspecified atom stereocenters. The van der Waals surface area contributed by atoms with Crippen molar-refractivity contribution < 1.29 is 14.2 Å². The lowest BCUT2D eigenvalue weighted by atomic mass is 10.2. The minimum Gasteiger partial charge on any atom is -0.492 e. The van der Waals surface area contributed by atoms with E-state index in [1.54, 1.807) is 12.1 Å². The second kappa shape index (κ2) is 6.86. The van der Waals surface area contributed by atoms with Gasteiger partial charge >= 0.3 is 0 Å². The third-order valence-corrected chi connectivity index (χ3v) is 1.72. The number of rotatable bonds is 4. The van der Waals surface area contributed by atoms with Gasteiger partial charge in [0.25, 0.3) is 0 Å². The highest BCUT2D eigenvalue weighted by Gasteiger charge is 1.98. The lowest BCUT2D eigenvalue weighted by Crippen LogP contribution is -1.99. The summed E-state index contributed by atoms with van der Waals surface area (Å²) in [6.45, 7) is -0.225. The molecule has 0 radical (unpaired) electrons. The van der Waals surface area contributed by atoms with E-state index in [1.807, 2.05) is 12.1 Å². The first-order valence-electron chi connectivity index (χ1n) is 4.76. The highest BCUT2D eigenvalue weighted by atomic mass is 19.1. The molecule has 15 heavy (non-hydrogen) atoms. The molecule has 0 saturated heterocycles. The third kappa shape index (κ3) is 4.01. The van der Waals surface area contributed by atoms with Crippen molar-refractivity contribution in [2.45, 2.75) is 6.42 Å². The molecule has 0 spiro atoms. The van der Waals surface area contributed by atoms with Crippen molar-refractivity contribution in [3.8, 4) is 17.6 Å². The van der Waals surface area contributed by atoms with E-state index < -0.39 is 0 Å². The van der Waals surface area contributed by atoms with Gasteiger partial charge in [0.05, 0.1) is 18.8 Å². The molecule has 0 aromatic heterocycles. The van der Waals surface area contributed by atoms with Crippen LogP contribution in [-0.4, -0.2) is 25.0 Å². The molecule has 3 heteroatoms. The van der Waals surface area contributed by atoms with Crippen LogP contribution in [0.4, 0.5) is 4.39 Å². The highest BCUT2D eigenvalue weighted by molar-refractivity contribution is 5.45. The quantitative estimate of drug-likeness (QED) is 0.603. The van der Waals surface area contributed by atoms with Crippen molar-refractivity contribution in [3.63, 3.8) is 0 Å². The zero-order chi connectivity index (χ0) is 10.9. The maximum atomic E-state index is 11.9. The van der Waals surface area contributed by atoms with Crippen molar-refractivity contribution in [2.24, 2.45) is 0 Å². The molecule has 80 valence electrons. The van der Waals surface area contributed by atoms with Crippen molar-refractivity contribution in [1.82, 2.24) is 0 Å². The average molecular weight is 208 g/mol. The SMILES string of the molecule is OCC#Cc1ccccc1OCCCF. The van der Waals surface area contributed by atoms with Gasteiger partial charge in [-0.1, -0.05) is 24.0 Å².